The molecule has 0 radical (unpaired) electrons. The van der Waals surface area contributed by atoms with Crippen molar-refractivity contribution in [2.24, 2.45) is 0 Å². The summed E-state index contributed by atoms with van der Waals surface area (Å²) in [5.41, 5.74) is 1.34. The summed E-state index contributed by atoms with van der Waals surface area (Å²) in [7, 11) is 4.53. The van der Waals surface area contributed by atoms with E-state index in [9.17, 15) is 14.9 Å². The van der Waals surface area contributed by atoms with Crippen LogP contribution in [0.4, 0.5) is 5.69 Å². The molecule has 0 saturated carbocycles. The number of benzene rings is 2. The predicted molar refractivity (Wildman–Crippen MR) is 115 cm³/mol. The fourth-order valence-corrected chi connectivity index (χ4v) is 3.49. The third-order valence-corrected chi connectivity index (χ3v) is 4.93. The van der Waals surface area contributed by atoms with Gasteiger partial charge in [-0.25, -0.2) is 9.78 Å². The summed E-state index contributed by atoms with van der Waals surface area (Å²) in [6.45, 7) is 0.205. The van der Waals surface area contributed by atoms with E-state index in [4.69, 9.17) is 14.2 Å². The minimum absolute atomic E-state index is 0.0331. The quantitative estimate of drug-likeness (QED) is 0.344. The van der Waals surface area contributed by atoms with E-state index in [0.29, 0.717) is 45.7 Å². The first-order chi connectivity index (χ1) is 15.4. The molecule has 2 aromatic carbocycles. The van der Waals surface area contributed by atoms with Crippen molar-refractivity contribution in [3.63, 3.8) is 0 Å². The van der Waals surface area contributed by atoms with E-state index in [1.807, 2.05) is 0 Å². The van der Waals surface area contributed by atoms with Crippen LogP contribution in [0, 0.1) is 10.1 Å². The molecular formula is C21H19N5O6. The maximum Gasteiger partial charge on any atom is 0.348 e. The maximum atomic E-state index is 11.9. The zero-order valence-electron chi connectivity index (χ0n) is 17.5. The third kappa shape index (κ3) is 3.71. The van der Waals surface area contributed by atoms with E-state index < -0.39 is 10.6 Å². The van der Waals surface area contributed by atoms with Crippen LogP contribution in [0.2, 0.25) is 0 Å². The minimum Gasteiger partial charge on any atom is -0.493 e. The lowest BCUT2D eigenvalue weighted by Gasteiger charge is -2.19. The fourth-order valence-electron chi connectivity index (χ4n) is 3.49. The fraction of sp³-hybridized carbons (Fsp3) is 0.190. The predicted octanol–water partition coefficient (Wildman–Crippen LogP) is 2.72. The Morgan fingerprint density at radius 2 is 1.81 bits per heavy atom. The molecule has 2 aliphatic rings. The van der Waals surface area contributed by atoms with Crippen molar-refractivity contribution in [1.82, 2.24) is 19.5 Å². The molecule has 1 N–H and O–H groups in total. The Labute approximate surface area is 181 Å². The van der Waals surface area contributed by atoms with Gasteiger partial charge in [-0.1, -0.05) is 12.1 Å². The lowest BCUT2D eigenvalue weighted by molar-refractivity contribution is -0.384. The molecule has 0 spiro atoms. The van der Waals surface area contributed by atoms with Crippen LogP contribution in [0.1, 0.15) is 5.56 Å². The number of rotatable bonds is 7. The Morgan fingerprint density at radius 1 is 1.09 bits per heavy atom. The van der Waals surface area contributed by atoms with Crippen LogP contribution in [-0.2, 0) is 6.54 Å². The SMILES string of the molecule is COc1cc(-c2cnc3[nH]c(=O)nc-3n2Cc2cccc([N+](=O)[O-])c2)cc(OC)c1OC. The van der Waals surface area contributed by atoms with E-state index in [0.717, 1.165) is 0 Å². The van der Waals surface area contributed by atoms with Crippen LogP contribution in [0.15, 0.2) is 47.4 Å². The summed E-state index contributed by atoms with van der Waals surface area (Å²) in [5, 5.41) is 11.2. The van der Waals surface area contributed by atoms with Gasteiger partial charge in [-0.15, -0.1) is 0 Å². The van der Waals surface area contributed by atoms with Crippen LogP contribution in [-0.4, -0.2) is 45.8 Å². The highest BCUT2D eigenvalue weighted by atomic mass is 16.6. The number of nitrogens with zero attached hydrogens (tertiary/aromatic N) is 4. The lowest BCUT2D eigenvalue weighted by atomic mass is 10.1. The van der Waals surface area contributed by atoms with Crippen LogP contribution in [0.3, 0.4) is 0 Å². The van der Waals surface area contributed by atoms with Gasteiger partial charge in [0.1, 0.15) is 0 Å². The number of ether oxygens (including phenoxy) is 3. The number of hydrogen-bond acceptors (Lipinski definition) is 8. The van der Waals surface area contributed by atoms with Gasteiger partial charge in [-0.3, -0.25) is 15.1 Å². The summed E-state index contributed by atoms with van der Waals surface area (Å²) in [6.07, 6.45) is 1.58. The van der Waals surface area contributed by atoms with Crippen molar-refractivity contribution in [2.45, 2.75) is 6.54 Å². The molecule has 11 heteroatoms. The van der Waals surface area contributed by atoms with Crippen LogP contribution < -0.4 is 19.9 Å². The molecule has 0 bridgehead atoms. The van der Waals surface area contributed by atoms with E-state index in [1.165, 1.54) is 33.5 Å². The maximum absolute atomic E-state index is 11.9. The van der Waals surface area contributed by atoms with Crippen molar-refractivity contribution >= 4 is 5.69 Å². The minimum atomic E-state index is -0.540. The molecule has 4 rings (SSSR count). The number of fused-ring (bicyclic) bond motifs is 1. The highest BCUT2D eigenvalue weighted by Crippen LogP contribution is 2.41. The topological polar surface area (TPSA) is 134 Å². The smallest absolute Gasteiger partial charge is 0.348 e. The van der Waals surface area contributed by atoms with Crippen molar-refractivity contribution < 1.29 is 19.1 Å². The molecule has 2 aliphatic heterocycles. The molecule has 32 heavy (non-hydrogen) atoms. The third-order valence-electron chi connectivity index (χ3n) is 4.93. The molecule has 0 aromatic heterocycles. The number of nitro groups is 1. The number of aromatic amines is 1. The normalized spacial score (nSPS) is 10.8. The molecule has 0 atom stereocenters. The van der Waals surface area contributed by atoms with E-state index in [2.05, 4.69) is 15.0 Å². The molecule has 11 nitrogen and oxygen atoms in total. The monoisotopic (exact) mass is 437 g/mol. The zero-order valence-corrected chi connectivity index (χ0v) is 17.5. The van der Waals surface area contributed by atoms with Gasteiger partial charge < -0.3 is 18.8 Å². The number of H-pyrrole nitrogens is 1. The first-order valence-corrected chi connectivity index (χ1v) is 9.44. The number of hydrogen-bond donors (Lipinski definition) is 1. The molecule has 0 saturated heterocycles. The second-order valence-corrected chi connectivity index (χ2v) is 6.78. The zero-order chi connectivity index (χ0) is 22.8. The molecule has 2 heterocycles. The summed E-state index contributed by atoms with van der Waals surface area (Å²) in [4.78, 5) is 33.6. The van der Waals surface area contributed by atoms with Gasteiger partial charge >= 0.3 is 5.69 Å². The molecular weight excluding hydrogens is 418 g/mol. The Kier molecular flexibility index (Phi) is 5.46. The molecule has 2 aromatic rings. The second kappa shape index (κ2) is 8.38. The number of imidazole rings is 1. The second-order valence-electron chi connectivity index (χ2n) is 6.78. The first kappa shape index (κ1) is 20.8. The van der Waals surface area contributed by atoms with Crippen molar-refractivity contribution in [3.05, 3.63) is 68.8 Å². The molecule has 0 amide bonds. The standard InChI is InChI=1S/C21H19N5O6/c1-30-16-8-13(9-17(31-2)18(16)32-3)15-10-22-19-20(24-21(27)23-19)25(15)11-12-5-4-6-14(7-12)26(28)29/h4-10H,11H2,1-3H3,(H,22,23,27). The average molecular weight is 437 g/mol. The van der Waals surface area contributed by atoms with Gasteiger partial charge in [-0.2, -0.15) is 4.98 Å². The van der Waals surface area contributed by atoms with Crippen molar-refractivity contribution in [2.75, 3.05) is 21.3 Å². The highest BCUT2D eigenvalue weighted by Gasteiger charge is 2.21. The van der Waals surface area contributed by atoms with Gasteiger partial charge in [0.15, 0.2) is 23.1 Å². The van der Waals surface area contributed by atoms with Crippen LogP contribution in [0.25, 0.3) is 22.9 Å². The number of non-ortho nitro benzene ring substituents is 1. The van der Waals surface area contributed by atoms with Crippen LogP contribution >= 0.6 is 0 Å². The Bertz CT molecular complexity index is 1300. The van der Waals surface area contributed by atoms with Crippen molar-refractivity contribution in [1.29, 1.82) is 0 Å². The Hall–Kier alpha value is -4.41. The van der Waals surface area contributed by atoms with Crippen LogP contribution in [0.5, 0.6) is 17.2 Å². The number of methoxy groups -OCH3 is 3. The Balaban J connectivity index is 1.93. The average Bonchev–Trinajstić information content (AvgIpc) is 3.19. The highest BCUT2D eigenvalue weighted by molar-refractivity contribution is 5.70. The largest absolute Gasteiger partial charge is 0.493 e. The summed E-state index contributed by atoms with van der Waals surface area (Å²) >= 11 is 0. The van der Waals surface area contributed by atoms with E-state index in [1.54, 1.807) is 35.0 Å². The van der Waals surface area contributed by atoms with Crippen molar-refractivity contribution in [3.8, 4) is 40.2 Å². The number of nitro benzene ring substituents is 1. The van der Waals surface area contributed by atoms with Gasteiger partial charge in [0.2, 0.25) is 5.75 Å². The van der Waals surface area contributed by atoms with Gasteiger partial charge in [0, 0.05) is 17.7 Å². The lowest BCUT2D eigenvalue weighted by Crippen LogP contribution is -2.11. The van der Waals surface area contributed by atoms with Gasteiger partial charge in [-0.05, 0) is 17.7 Å². The van der Waals surface area contributed by atoms with E-state index in [-0.39, 0.29) is 12.2 Å². The Morgan fingerprint density at radius 3 is 2.44 bits per heavy atom. The summed E-state index contributed by atoms with van der Waals surface area (Å²) in [5.74, 6) is 1.93. The number of aromatic nitrogens is 4. The van der Waals surface area contributed by atoms with Gasteiger partial charge in [0.05, 0.1) is 44.7 Å². The molecule has 164 valence electrons. The molecule has 0 fully saturated rings. The van der Waals surface area contributed by atoms with E-state index >= 15 is 0 Å². The summed E-state index contributed by atoms with van der Waals surface area (Å²) in [6, 6.07) is 9.76. The molecule has 0 unspecified atom stereocenters. The molecule has 0 aliphatic carbocycles. The number of nitrogens with one attached hydrogen (secondary N) is 1. The first-order valence-electron chi connectivity index (χ1n) is 9.44. The summed E-state index contributed by atoms with van der Waals surface area (Å²) < 4.78 is 18.0. The van der Waals surface area contributed by atoms with Gasteiger partial charge in [0.25, 0.3) is 5.69 Å².